The van der Waals surface area contributed by atoms with Crippen LogP contribution in [-0.2, 0) is 25.6 Å². The highest BCUT2D eigenvalue weighted by Crippen LogP contribution is 2.49. The molecule has 3 aromatic carbocycles. The monoisotopic (exact) mass is 855 g/mol. The molecule has 2 aliphatic heterocycles. The number of alkyl carbamates (subject to hydrolysis) is 2. The molecule has 1 saturated heterocycles. The van der Waals surface area contributed by atoms with Gasteiger partial charge in [-0.25, -0.2) is 19.6 Å². The van der Waals surface area contributed by atoms with Gasteiger partial charge in [-0.2, -0.15) is 0 Å². The zero-order valence-corrected chi connectivity index (χ0v) is 36.3. The number of likely N-dealkylation sites (tertiary alicyclic amines) is 1. The summed E-state index contributed by atoms with van der Waals surface area (Å²) in [5.41, 5.74) is 9.40. The van der Waals surface area contributed by atoms with E-state index in [1.807, 2.05) is 39.0 Å². The molecule has 63 heavy (non-hydrogen) atoms. The molecule has 0 bridgehead atoms. The van der Waals surface area contributed by atoms with Crippen LogP contribution in [0, 0.1) is 12.8 Å². The first kappa shape index (κ1) is 42.6. The van der Waals surface area contributed by atoms with Crippen LogP contribution in [0.25, 0.3) is 44.7 Å². The van der Waals surface area contributed by atoms with Gasteiger partial charge in [0.2, 0.25) is 11.8 Å². The molecule has 3 atom stereocenters. The summed E-state index contributed by atoms with van der Waals surface area (Å²) in [4.78, 5) is 73.9. The molecule has 5 N–H and O–H groups in total. The second-order valence-corrected chi connectivity index (χ2v) is 16.4. The van der Waals surface area contributed by atoms with Gasteiger partial charge >= 0.3 is 12.2 Å². The molecule has 2 aliphatic rings. The first-order valence-electron chi connectivity index (χ1n) is 21.3. The summed E-state index contributed by atoms with van der Waals surface area (Å²) in [5, 5.41) is 6.18. The minimum Gasteiger partial charge on any atom is -0.480 e. The van der Waals surface area contributed by atoms with Gasteiger partial charge in [0.15, 0.2) is 6.10 Å². The van der Waals surface area contributed by atoms with Crippen LogP contribution in [0.15, 0.2) is 73.1 Å². The van der Waals surface area contributed by atoms with Crippen LogP contribution < -0.4 is 15.4 Å². The van der Waals surface area contributed by atoms with Crippen LogP contribution in [0.5, 0.6) is 5.75 Å². The highest BCUT2D eigenvalue weighted by molar-refractivity contribution is 5.96. The Morgan fingerprint density at radius 1 is 0.921 bits per heavy atom. The molecule has 16 nitrogen and oxygen atoms in total. The number of hydrogen-bond acceptors (Lipinski definition) is 9. The molecular formula is C47H53N9O7. The lowest BCUT2D eigenvalue weighted by molar-refractivity contribution is -0.135. The number of imidazole rings is 2. The van der Waals surface area contributed by atoms with E-state index in [0.717, 1.165) is 80.6 Å². The van der Waals surface area contributed by atoms with Crippen molar-refractivity contribution in [3.63, 3.8) is 0 Å². The summed E-state index contributed by atoms with van der Waals surface area (Å²) in [6.07, 6.45) is 4.15. The van der Waals surface area contributed by atoms with E-state index in [2.05, 4.69) is 84.7 Å². The van der Waals surface area contributed by atoms with E-state index in [9.17, 15) is 19.2 Å². The topological polar surface area (TPSA) is 200 Å². The van der Waals surface area contributed by atoms with E-state index >= 15 is 0 Å². The number of aryl methyl sites for hydroxylation is 1. The Morgan fingerprint density at radius 2 is 1.65 bits per heavy atom. The fourth-order valence-corrected chi connectivity index (χ4v) is 8.55. The second kappa shape index (κ2) is 18.1. The molecule has 5 heterocycles. The maximum atomic E-state index is 13.7. The fraction of sp³-hybridized carbons (Fsp3) is 0.362. The summed E-state index contributed by atoms with van der Waals surface area (Å²) in [7, 11) is 2.55. The van der Waals surface area contributed by atoms with Gasteiger partial charge in [-0.3, -0.25) is 9.59 Å². The van der Waals surface area contributed by atoms with Crippen molar-refractivity contribution in [2.45, 2.75) is 71.7 Å². The Balaban J connectivity index is 1.09. The molecule has 8 rings (SSSR count). The summed E-state index contributed by atoms with van der Waals surface area (Å²) in [6.45, 7) is 9.01. The van der Waals surface area contributed by atoms with E-state index in [4.69, 9.17) is 14.5 Å². The Kier molecular flexibility index (Phi) is 12.2. The average molecular weight is 856 g/mol. The number of aromatic amines is 3. The third-order valence-electron chi connectivity index (χ3n) is 11.8. The van der Waals surface area contributed by atoms with Gasteiger partial charge in [0, 0.05) is 46.2 Å². The van der Waals surface area contributed by atoms with E-state index in [0.29, 0.717) is 30.5 Å². The van der Waals surface area contributed by atoms with Gasteiger partial charge in [0.05, 0.1) is 56.3 Å². The number of carbonyl (C=O) groups is 4. The highest BCUT2D eigenvalue weighted by atomic mass is 16.5. The number of benzene rings is 3. The molecule has 0 radical (unpaired) electrons. The van der Waals surface area contributed by atoms with Gasteiger partial charge in [-0.05, 0) is 61.9 Å². The smallest absolute Gasteiger partial charge is 0.407 e. The molecule has 0 spiro atoms. The van der Waals surface area contributed by atoms with Crippen molar-refractivity contribution in [2.75, 3.05) is 33.9 Å². The minimum atomic E-state index is -0.740. The highest BCUT2D eigenvalue weighted by Gasteiger charge is 2.34. The molecular weight excluding hydrogens is 803 g/mol. The van der Waals surface area contributed by atoms with Crippen molar-refractivity contribution in [3.05, 3.63) is 101 Å². The van der Waals surface area contributed by atoms with Crippen molar-refractivity contribution in [2.24, 2.45) is 5.92 Å². The molecule has 16 heteroatoms. The summed E-state index contributed by atoms with van der Waals surface area (Å²) in [6, 6.07) is 19.8. The maximum absolute atomic E-state index is 13.7. The number of fused-ring (bicyclic) bond motifs is 5. The van der Waals surface area contributed by atoms with E-state index in [1.54, 1.807) is 22.2 Å². The lowest BCUT2D eigenvalue weighted by Gasteiger charge is -2.28. The van der Waals surface area contributed by atoms with E-state index in [1.165, 1.54) is 14.2 Å². The van der Waals surface area contributed by atoms with Crippen LogP contribution in [-0.4, -0.2) is 98.6 Å². The third-order valence-corrected chi connectivity index (χ3v) is 11.8. The molecule has 4 amide bonds. The quantitative estimate of drug-likeness (QED) is 0.0779. The van der Waals surface area contributed by atoms with E-state index in [-0.39, 0.29) is 36.9 Å². The van der Waals surface area contributed by atoms with E-state index < -0.39 is 24.3 Å². The van der Waals surface area contributed by atoms with Gasteiger partial charge in [-0.1, -0.05) is 62.7 Å². The van der Waals surface area contributed by atoms with Crippen LogP contribution >= 0.6 is 0 Å². The van der Waals surface area contributed by atoms with Gasteiger partial charge in [0.1, 0.15) is 30.0 Å². The number of nitrogens with one attached hydrogen (secondary N) is 5. The largest absolute Gasteiger partial charge is 0.480 e. The van der Waals surface area contributed by atoms with Crippen LogP contribution in [0.4, 0.5) is 9.59 Å². The zero-order chi connectivity index (χ0) is 44.4. The first-order valence-corrected chi connectivity index (χ1v) is 21.3. The number of aromatic nitrogens is 5. The number of amides is 4. The van der Waals surface area contributed by atoms with Gasteiger partial charge in [0.25, 0.3) is 0 Å². The average Bonchev–Trinajstić information content (AvgIpc) is 4.13. The normalized spacial score (nSPS) is 16.0. The molecule has 3 unspecified atom stereocenters. The Hall–Kier alpha value is -7.10. The number of rotatable bonds is 13. The van der Waals surface area contributed by atoms with Crippen LogP contribution in [0.2, 0.25) is 0 Å². The summed E-state index contributed by atoms with van der Waals surface area (Å²) >= 11 is 0. The minimum absolute atomic E-state index is 0.146. The molecule has 328 valence electrons. The number of ether oxygens (including phenoxy) is 3. The molecule has 0 aliphatic carbocycles. The Morgan fingerprint density at radius 3 is 2.40 bits per heavy atom. The Labute approximate surface area is 365 Å². The molecule has 1 fully saturated rings. The van der Waals surface area contributed by atoms with Gasteiger partial charge in [-0.15, -0.1) is 0 Å². The Bertz CT molecular complexity index is 2650. The molecule has 3 aromatic heterocycles. The number of H-pyrrole nitrogens is 3. The standard InChI is InChI=1S/C47H53N9O7/c1-7-18-55(45(58)41(26(2)3)54-47(60)62-6)25-38-48-22-34(51-38)29-15-17-33-32(20-29)40-42(52-33)31-16-14-30(21-37(31)63-43(40)28-12-10-27(4)11-13-28)35-23-49-44(53-35)36-9-8-19-56(36)39(57)24-50-46(59)61-5/h10-17,20-23,26,36,41,43,52H,7-9,18-19,24-25H2,1-6H3,(H,48,51)(H,49,53)(H,50,59)(H,54,60). The predicted octanol–water partition coefficient (Wildman–Crippen LogP) is 7.54. The third kappa shape index (κ3) is 8.70. The lowest BCUT2D eigenvalue weighted by Crippen LogP contribution is -2.51. The number of hydrogen-bond donors (Lipinski definition) is 5. The number of nitrogens with zero attached hydrogens (tertiary/aromatic N) is 4. The lowest BCUT2D eigenvalue weighted by atomic mass is 9.91. The van der Waals surface area contributed by atoms with Crippen LogP contribution in [0.3, 0.4) is 0 Å². The molecule has 0 saturated carbocycles. The number of carbonyl (C=O) groups excluding carboxylic acids is 4. The molecule has 6 aromatic rings. The maximum Gasteiger partial charge on any atom is 0.407 e. The van der Waals surface area contributed by atoms with Gasteiger partial charge < -0.3 is 49.6 Å². The second-order valence-electron chi connectivity index (χ2n) is 16.4. The number of methoxy groups -OCH3 is 2. The van der Waals surface area contributed by atoms with Crippen molar-refractivity contribution in [1.29, 1.82) is 0 Å². The van der Waals surface area contributed by atoms with Crippen molar-refractivity contribution in [1.82, 2.24) is 45.4 Å². The summed E-state index contributed by atoms with van der Waals surface area (Å²) < 4.78 is 16.4. The van der Waals surface area contributed by atoms with Crippen molar-refractivity contribution < 1.29 is 33.4 Å². The van der Waals surface area contributed by atoms with Crippen LogP contribution in [0.1, 0.15) is 80.5 Å². The summed E-state index contributed by atoms with van der Waals surface area (Å²) in [5.74, 6) is 1.48. The predicted molar refractivity (Wildman–Crippen MR) is 237 cm³/mol. The fourth-order valence-electron chi connectivity index (χ4n) is 8.55. The zero-order valence-electron chi connectivity index (χ0n) is 36.3. The SMILES string of the molecule is CCCN(Cc1ncc(-c2ccc3[nH]c4c(c3c2)C(c2ccc(C)cc2)Oc2cc(-c3cnc(C5CCCN5C(=O)CNC(=O)OC)[nH]3)ccc2-4)[nH]1)C(=O)C(NC(=O)OC)C(C)C. The van der Waals surface area contributed by atoms with Crippen molar-refractivity contribution in [3.8, 4) is 39.5 Å². The van der Waals surface area contributed by atoms with Crippen molar-refractivity contribution >= 4 is 34.9 Å². The first-order chi connectivity index (χ1) is 30.5.